The van der Waals surface area contributed by atoms with Gasteiger partial charge in [0, 0.05) is 29.9 Å². The Balaban J connectivity index is 1.21. The van der Waals surface area contributed by atoms with E-state index < -0.39 is 0 Å². The zero-order chi connectivity index (χ0) is 22.8. The number of nitrogens with one attached hydrogen (secondary N) is 1. The average Bonchev–Trinajstić information content (AvgIpc) is 3.28. The van der Waals surface area contributed by atoms with Crippen LogP contribution in [0.3, 0.4) is 0 Å². The molecule has 4 aromatic rings. The Kier molecular flexibility index (Phi) is 5.40. The highest BCUT2D eigenvalue weighted by atomic mass is 16.2. The molecule has 0 unspecified atom stereocenters. The first-order valence-corrected chi connectivity index (χ1v) is 10.7. The number of para-hydroxylation sites is 1. The van der Waals surface area contributed by atoms with Crippen molar-refractivity contribution < 1.29 is 9.59 Å². The highest BCUT2D eigenvalue weighted by Crippen LogP contribution is 2.29. The number of carbonyl (C=O) groups excluding carboxylic acids is 2. The molecule has 1 N–H and O–H groups in total. The van der Waals surface area contributed by atoms with Gasteiger partial charge in [0.1, 0.15) is 5.52 Å². The molecule has 0 bridgehead atoms. The van der Waals surface area contributed by atoms with E-state index in [1.807, 2.05) is 24.3 Å². The van der Waals surface area contributed by atoms with E-state index in [0.717, 1.165) is 12.1 Å². The van der Waals surface area contributed by atoms with Crippen LogP contribution in [0.5, 0.6) is 0 Å². The van der Waals surface area contributed by atoms with Gasteiger partial charge >= 0.3 is 0 Å². The lowest BCUT2D eigenvalue weighted by Crippen LogP contribution is -2.28. The zero-order valence-corrected chi connectivity index (χ0v) is 17.8. The van der Waals surface area contributed by atoms with Crippen LogP contribution in [0.25, 0.3) is 10.9 Å². The molecule has 0 spiro atoms. The third kappa shape index (κ3) is 4.10. The van der Waals surface area contributed by atoms with E-state index in [1.165, 1.54) is 10.2 Å². The monoisotopic (exact) mass is 439 g/mol. The summed E-state index contributed by atoms with van der Waals surface area (Å²) in [7, 11) is 0. The fourth-order valence-corrected chi connectivity index (χ4v) is 4.00. The summed E-state index contributed by atoms with van der Waals surface area (Å²) < 4.78 is 1.19. The second kappa shape index (κ2) is 8.66. The first kappa shape index (κ1) is 20.6. The highest BCUT2D eigenvalue weighted by molar-refractivity contribution is 6.07. The maximum atomic E-state index is 12.9. The number of rotatable bonds is 5. The molecule has 8 nitrogen and oxygen atoms in total. The molecule has 0 radical (unpaired) electrons. The Morgan fingerprint density at radius 2 is 1.70 bits per heavy atom. The fraction of sp³-hybridized carbons (Fsp3) is 0.160. The van der Waals surface area contributed by atoms with Crippen LogP contribution in [0.4, 0.5) is 11.4 Å². The average molecular weight is 439 g/mol. The predicted octanol–water partition coefficient (Wildman–Crippen LogP) is 3.02. The van der Waals surface area contributed by atoms with Gasteiger partial charge in [0.05, 0.1) is 11.9 Å². The van der Waals surface area contributed by atoms with Gasteiger partial charge in [-0.2, -0.15) is 0 Å². The Morgan fingerprint density at radius 3 is 2.55 bits per heavy atom. The number of nitrogens with zero attached hydrogens (tertiary/aromatic N) is 4. The molecular formula is C25H21N5O3. The van der Waals surface area contributed by atoms with Crippen molar-refractivity contribution in [1.82, 2.24) is 15.0 Å². The molecule has 2 amide bonds. The van der Waals surface area contributed by atoms with E-state index in [4.69, 9.17) is 0 Å². The number of carbonyl (C=O) groups is 2. The molecule has 0 saturated carbocycles. The summed E-state index contributed by atoms with van der Waals surface area (Å²) in [5.41, 5.74) is 3.50. The lowest BCUT2D eigenvalue weighted by Gasteiger charge is -2.17. The van der Waals surface area contributed by atoms with E-state index in [9.17, 15) is 14.4 Å². The predicted molar refractivity (Wildman–Crippen MR) is 125 cm³/mol. The van der Waals surface area contributed by atoms with Gasteiger partial charge in [-0.05, 0) is 54.4 Å². The molecule has 1 aromatic heterocycles. The van der Waals surface area contributed by atoms with Crippen LogP contribution >= 0.6 is 0 Å². The smallest absolute Gasteiger partial charge is 0.277 e. The lowest BCUT2D eigenvalue weighted by atomic mass is 10.1. The van der Waals surface area contributed by atoms with Gasteiger partial charge in [0.25, 0.3) is 11.5 Å². The van der Waals surface area contributed by atoms with Crippen molar-refractivity contribution in [2.75, 3.05) is 16.8 Å². The molecule has 5 rings (SSSR count). The van der Waals surface area contributed by atoms with Gasteiger partial charge in [-0.3, -0.25) is 14.4 Å². The minimum absolute atomic E-state index is 0.0629. The molecule has 1 aliphatic rings. The second-order valence-electron chi connectivity index (χ2n) is 7.85. The van der Waals surface area contributed by atoms with Gasteiger partial charge in [0.2, 0.25) is 5.91 Å². The number of hydrogen-bond acceptors (Lipinski definition) is 5. The van der Waals surface area contributed by atoms with E-state index in [1.54, 1.807) is 53.4 Å². The molecular weight excluding hydrogens is 418 g/mol. The number of amides is 2. The maximum Gasteiger partial charge on any atom is 0.277 e. The standard InChI is InChI=1S/C25H21N5O3/c31-23(14-16-30-25(33)20-6-2-3-7-21(20)27-28-30)26-19-11-9-18(10-12-19)24(32)29-15-13-17-5-1-4-8-22(17)29/h1-12H,13-16H2,(H,26,31). The Bertz CT molecular complexity index is 1410. The van der Waals surface area contributed by atoms with Crippen LogP contribution in [0.15, 0.2) is 77.6 Å². The van der Waals surface area contributed by atoms with Crippen LogP contribution in [0.2, 0.25) is 0 Å². The van der Waals surface area contributed by atoms with Crippen LogP contribution < -0.4 is 15.8 Å². The van der Waals surface area contributed by atoms with Crippen LogP contribution in [0.1, 0.15) is 22.3 Å². The highest BCUT2D eigenvalue weighted by Gasteiger charge is 2.25. The largest absolute Gasteiger partial charge is 0.326 e. The summed E-state index contributed by atoms with van der Waals surface area (Å²) in [6.07, 6.45) is 0.916. The summed E-state index contributed by atoms with van der Waals surface area (Å²) >= 11 is 0. The molecule has 2 heterocycles. The van der Waals surface area contributed by atoms with E-state index >= 15 is 0 Å². The number of anilines is 2. The minimum Gasteiger partial charge on any atom is -0.326 e. The van der Waals surface area contributed by atoms with Crippen LogP contribution in [0, 0.1) is 0 Å². The van der Waals surface area contributed by atoms with E-state index in [2.05, 4.69) is 15.6 Å². The van der Waals surface area contributed by atoms with Crippen LogP contribution in [-0.4, -0.2) is 33.4 Å². The van der Waals surface area contributed by atoms with E-state index in [0.29, 0.717) is 28.7 Å². The first-order valence-electron chi connectivity index (χ1n) is 10.7. The number of fused-ring (bicyclic) bond motifs is 2. The Labute approximate surface area is 189 Å². The molecule has 0 saturated heterocycles. The Hall–Kier alpha value is -4.33. The molecule has 164 valence electrons. The first-order chi connectivity index (χ1) is 16.1. The van der Waals surface area contributed by atoms with Gasteiger partial charge in [-0.25, -0.2) is 4.68 Å². The van der Waals surface area contributed by atoms with Gasteiger partial charge in [0.15, 0.2) is 0 Å². The van der Waals surface area contributed by atoms with Crippen molar-refractivity contribution in [3.8, 4) is 0 Å². The third-order valence-corrected chi connectivity index (χ3v) is 5.73. The summed E-state index contributed by atoms with van der Waals surface area (Å²) in [5.74, 6) is -0.323. The summed E-state index contributed by atoms with van der Waals surface area (Å²) in [6.45, 7) is 0.779. The molecule has 33 heavy (non-hydrogen) atoms. The van der Waals surface area contributed by atoms with Crippen molar-refractivity contribution in [2.45, 2.75) is 19.4 Å². The van der Waals surface area contributed by atoms with Crippen molar-refractivity contribution in [3.05, 3.63) is 94.3 Å². The van der Waals surface area contributed by atoms with Gasteiger partial charge < -0.3 is 10.2 Å². The van der Waals surface area contributed by atoms with Gasteiger partial charge in [-0.15, -0.1) is 5.10 Å². The maximum absolute atomic E-state index is 12.9. The van der Waals surface area contributed by atoms with Crippen molar-refractivity contribution in [1.29, 1.82) is 0 Å². The number of aryl methyl sites for hydroxylation is 1. The SMILES string of the molecule is O=C(CCn1nnc2ccccc2c1=O)Nc1ccc(C(=O)N2CCc3ccccc32)cc1. The molecule has 8 heteroatoms. The van der Waals surface area contributed by atoms with Crippen molar-refractivity contribution >= 4 is 34.1 Å². The third-order valence-electron chi connectivity index (χ3n) is 5.73. The summed E-state index contributed by atoms with van der Waals surface area (Å²) in [4.78, 5) is 39.6. The summed E-state index contributed by atoms with van der Waals surface area (Å²) in [5, 5.41) is 11.2. The normalized spacial score (nSPS) is 12.5. The van der Waals surface area contributed by atoms with Crippen LogP contribution in [-0.2, 0) is 17.8 Å². The zero-order valence-electron chi connectivity index (χ0n) is 17.8. The molecule has 0 atom stereocenters. The second-order valence-corrected chi connectivity index (χ2v) is 7.85. The lowest BCUT2D eigenvalue weighted by molar-refractivity contribution is -0.116. The van der Waals surface area contributed by atoms with Gasteiger partial charge in [-0.1, -0.05) is 35.5 Å². The van der Waals surface area contributed by atoms with Crippen molar-refractivity contribution in [3.63, 3.8) is 0 Å². The van der Waals surface area contributed by atoms with E-state index in [-0.39, 0.29) is 30.3 Å². The molecule has 1 aliphatic heterocycles. The summed E-state index contributed by atoms with van der Waals surface area (Å²) in [6, 6.07) is 21.7. The van der Waals surface area contributed by atoms with Crippen molar-refractivity contribution in [2.24, 2.45) is 0 Å². The number of benzene rings is 3. The fourth-order valence-electron chi connectivity index (χ4n) is 4.00. The minimum atomic E-state index is -0.278. The molecule has 0 fully saturated rings. The Morgan fingerprint density at radius 1 is 0.939 bits per heavy atom. The number of hydrogen-bond donors (Lipinski definition) is 1. The molecule has 3 aromatic carbocycles. The number of aromatic nitrogens is 3. The topological polar surface area (TPSA) is 97.2 Å². The quantitative estimate of drug-likeness (QED) is 0.516. The molecule has 0 aliphatic carbocycles.